The summed E-state index contributed by atoms with van der Waals surface area (Å²) in [5, 5.41) is 3.44. The van der Waals surface area contributed by atoms with Gasteiger partial charge in [-0.3, -0.25) is 9.79 Å². The zero-order valence-corrected chi connectivity index (χ0v) is 18.5. The van der Waals surface area contributed by atoms with Crippen molar-refractivity contribution in [1.29, 1.82) is 0 Å². The molecule has 0 aromatic heterocycles. The number of para-hydroxylation sites is 1. The van der Waals surface area contributed by atoms with Gasteiger partial charge >= 0.3 is 5.97 Å². The lowest BCUT2D eigenvalue weighted by atomic mass is 9.96. The summed E-state index contributed by atoms with van der Waals surface area (Å²) in [5.74, 6) is 1.73. The third-order valence-electron chi connectivity index (χ3n) is 5.30. The smallest absolute Gasteiger partial charge is 0.308 e. The monoisotopic (exact) mass is 487 g/mol. The van der Waals surface area contributed by atoms with Crippen LogP contribution in [0, 0.1) is 5.92 Å². The number of carbonyl (C=O) groups is 1. The molecule has 1 aliphatic carbocycles. The van der Waals surface area contributed by atoms with Crippen LogP contribution in [0.4, 0.5) is 0 Å². The molecule has 0 amide bonds. The molecule has 1 aliphatic heterocycles. The molecular formula is C20H30IN3O3. The van der Waals surface area contributed by atoms with Gasteiger partial charge in [-0.1, -0.05) is 18.2 Å². The minimum Gasteiger partial charge on any atom is -0.490 e. The van der Waals surface area contributed by atoms with E-state index in [1.54, 1.807) is 7.05 Å². The van der Waals surface area contributed by atoms with Gasteiger partial charge < -0.3 is 19.7 Å². The largest absolute Gasteiger partial charge is 0.490 e. The van der Waals surface area contributed by atoms with Crippen molar-refractivity contribution in [2.75, 3.05) is 27.2 Å². The normalized spacial score (nSPS) is 18.3. The molecule has 6 nitrogen and oxygen atoms in total. The Labute approximate surface area is 178 Å². The van der Waals surface area contributed by atoms with Gasteiger partial charge in [-0.2, -0.15) is 0 Å². The number of halogens is 1. The second kappa shape index (κ2) is 10.7. The lowest BCUT2D eigenvalue weighted by molar-refractivity contribution is -0.146. The van der Waals surface area contributed by atoms with Crippen molar-refractivity contribution in [3.63, 3.8) is 0 Å². The van der Waals surface area contributed by atoms with Gasteiger partial charge in [0.1, 0.15) is 5.75 Å². The highest BCUT2D eigenvalue weighted by Gasteiger charge is 2.27. The van der Waals surface area contributed by atoms with Crippen molar-refractivity contribution in [1.82, 2.24) is 10.2 Å². The van der Waals surface area contributed by atoms with Gasteiger partial charge in [-0.25, -0.2) is 0 Å². The first-order valence-corrected chi connectivity index (χ1v) is 9.49. The Bertz CT molecular complexity index is 641. The van der Waals surface area contributed by atoms with Gasteiger partial charge in [-0.05, 0) is 38.2 Å². The molecule has 0 spiro atoms. The van der Waals surface area contributed by atoms with Crippen LogP contribution >= 0.6 is 24.0 Å². The minimum absolute atomic E-state index is 0. The van der Waals surface area contributed by atoms with Gasteiger partial charge in [0, 0.05) is 32.2 Å². The molecule has 1 heterocycles. The van der Waals surface area contributed by atoms with Crippen LogP contribution in [0.5, 0.6) is 5.75 Å². The average molecular weight is 487 g/mol. The highest BCUT2D eigenvalue weighted by Crippen LogP contribution is 2.27. The highest BCUT2D eigenvalue weighted by atomic mass is 127. The number of guanidine groups is 1. The first-order chi connectivity index (χ1) is 12.7. The summed E-state index contributed by atoms with van der Waals surface area (Å²) >= 11 is 0. The van der Waals surface area contributed by atoms with Crippen LogP contribution < -0.4 is 10.1 Å². The number of methoxy groups -OCH3 is 1. The molecule has 1 N–H and O–H groups in total. The van der Waals surface area contributed by atoms with E-state index >= 15 is 0 Å². The quantitative estimate of drug-likeness (QED) is 0.299. The van der Waals surface area contributed by atoms with Crippen molar-refractivity contribution >= 4 is 35.9 Å². The third-order valence-corrected chi connectivity index (χ3v) is 5.30. The zero-order chi connectivity index (χ0) is 18.4. The first-order valence-electron chi connectivity index (χ1n) is 9.49. The number of rotatable bonds is 5. The molecule has 0 radical (unpaired) electrons. The fourth-order valence-corrected chi connectivity index (χ4v) is 3.43. The number of ether oxygens (including phenoxy) is 2. The third kappa shape index (κ3) is 5.73. The molecule has 1 saturated heterocycles. The maximum Gasteiger partial charge on any atom is 0.308 e. The lowest BCUT2D eigenvalue weighted by Gasteiger charge is -2.33. The van der Waals surface area contributed by atoms with Gasteiger partial charge in [0.05, 0.1) is 19.1 Å². The topological polar surface area (TPSA) is 63.2 Å². The Kier molecular flexibility index (Phi) is 8.66. The number of nitrogens with zero attached hydrogens (tertiary/aromatic N) is 2. The lowest BCUT2D eigenvalue weighted by Crippen LogP contribution is -2.46. The fourth-order valence-electron chi connectivity index (χ4n) is 3.43. The number of hydrogen-bond acceptors (Lipinski definition) is 4. The molecular weight excluding hydrogens is 457 g/mol. The number of carbonyl (C=O) groups excluding carboxylic acids is 1. The van der Waals surface area contributed by atoms with Gasteiger partial charge in [0.25, 0.3) is 0 Å². The predicted octanol–water partition coefficient (Wildman–Crippen LogP) is 3.20. The van der Waals surface area contributed by atoms with Gasteiger partial charge in [0.2, 0.25) is 0 Å². The second-order valence-corrected chi connectivity index (χ2v) is 6.96. The van der Waals surface area contributed by atoms with Crippen molar-refractivity contribution in [3.8, 4) is 5.75 Å². The van der Waals surface area contributed by atoms with Crippen LogP contribution in [0.25, 0.3) is 0 Å². The van der Waals surface area contributed by atoms with E-state index in [0.29, 0.717) is 12.6 Å². The van der Waals surface area contributed by atoms with Crippen LogP contribution in [0.3, 0.4) is 0 Å². The van der Waals surface area contributed by atoms with E-state index in [0.717, 1.165) is 56.0 Å². The fraction of sp³-hybridized carbons (Fsp3) is 0.600. The van der Waals surface area contributed by atoms with E-state index in [2.05, 4.69) is 21.3 Å². The first kappa shape index (κ1) is 21.8. The number of likely N-dealkylation sites (tertiary alicyclic amines) is 1. The van der Waals surface area contributed by atoms with Crippen molar-refractivity contribution in [2.45, 2.75) is 44.8 Å². The zero-order valence-electron chi connectivity index (χ0n) is 16.1. The van der Waals surface area contributed by atoms with Crippen LogP contribution in [-0.2, 0) is 16.1 Å². The summed E-state index contributed by atoms with van der Waals surface area (Å²) in [5.41, 5.74) is 1.14. The van der Waals surface area contributed by atoms with Crippen molar-refractivity contribution < 1.29 is 14.3 Å². The van der Waals surface area contributed by atoms with Crippen LogP contribution in [0.1, 0.15) is 37.7 Å². The maximum atomic E-state index is 11.7. The summed E-state index contributed by atoms with van der Waals surface area (Å²) in [7, 11) is 3.25. The van der Waals surface area contributed by atoms with Crippen molar-refractivity contribution in [2.24, 2.45) is 10.9 Å². The Hall–Kier alpha value is -1.51. The molecule has 2 aliphatic rings. The molecule has 7 heteroatoms. The predicted molar refractivity (Wildman–Crippen MR) is 117 cm³/mol. The Morgan fingerprint density at radius 2 is 1.93 bits per heavy atom. The molecule has 0 bridgehead atoms. The molecule has 1 aromatic carbocycles. The summed E-state index contributed by atoms with van der Waals surface area (Å²) in [4.78, 5) is 18.3. The maximum absolute atomic E-state index is 11.7. The summed E-state index contributed by atoms with van der Waals surface area (Å²) in [6, 6.07) is 8.19. The summed E-state index contributed by atoms with van der Waals surface area (Å²) in [6.07, 6.45) is 5.53. The van der Waals surface area contributed by atoms with E-state index in [1.165, 1.54) is 13.5 Å². The number of esters is 1. The second-order valence-electron chi connectivity index (χ2n) is 6.96. The molecule has 150 valence electrons. The van der Waals surface area contributed by atoms with Crippen molar-refractivity contribution in [3.05, 3.63) is 29.8 Å². The summed E-state index contributed by atoms with van der Waals surface area (Å²) in [6.45, 7) is 2.28. The molecule has 0 atom stereocenters. The highest BCUT2D eigenvalue weighted by molar-refractivity contribution is 14.0. The molecule has 27 heavy (non-hydrogen) atoms. The number of aliphatic imine (C=N–C) groups is 1. The average Bonchev–Trinajstić information content (AvgIpc) is 2.66. The number of hydrogen-bond donors (Lipinski definition) is 1. The van der Waals surface area contributed by atoms with E-state index in [4.69, 9.17) is 9.47 Å². The van der Waals surface area contributed by atoms with E-state index in [9.17, 15) is 4.79 Å². The minimum atomic E-state index is -0.102. The molecule has 1 saturated carbocycles. The standard InChI is InChI=1S/C20H29N3O3.HI/c1-21-20(23-12-10-15(11-13-23)19(24)25-2)22-14-16-6-3-4-9-18(16)26-17-7-5-8-17;/h3-4,6,9,15,17H,5,7-8,10-14H2,1-2H3,(H,21,22);1H. The number of piperidine rings is 1. The summed E-state index contributed by atoms with van der Waals surface area (Å²) < 4.78 is 11.0. The van der Waals surface area contributed by atoms with Gasteiger partial charge in [0.15, 0.2) is 5.96 Å². The van der Waals surface area contributed by atoms with E-state index < -0.39 is 0 Å². The molecule has 1 aromatic rings. The molecule has 3 rings (SSSR count). The molecule has 0 unspecified atom stereocenters. The Morgan fingerprint density at radius 1 is 1.22 bits per heavy atom. The van der Waals surface area contributed by atoms with Gasteiger partial charge in [-0.15, -0.1) is 24.0 Å². The van der Waals surface area contributed by atoms with E-state index in [-0.39, 0.29) is 35.9 Å². The van der Waals surface area contributed by atoms with Crippen LogP contribution in [-0.4, -0.2) is 50.2 Å². The molecule has 2 fully saturated rings. The van der Waals surface area contributed by atoms with E-state index in [1.807, 2.05) is 18.2 Å². The number of nitrogens with one attached hydrogen (secondary N) is 1. The van der Waals surface area contributed by atoms with Crippen LogP contribution in [0.2, 0.25) is 0 Å². The number of benzene rings is 1. The SMILES string of the molecule is CN=C(NCc1ccccc1OC1CCC1)N1CCC(C(=O)OC)CC1.I. The Morgan fingerprint density at radius 3 is 2.52 bits per heavy atom. The van der Waals surface area contributed by atoms with Crippen LogP contribution in [0.15, 0.2) is 29.3 Å². The Balaban J connectivity index is 0.00000261.